The van der Waals surface area contributed by atoms with Gasteiger partial charge in [0.2, 0.25) is 0 Å². The predicted molar refractivity (Wildman–Crippen MR) is 72.9 cm³/mol. The molecule has 94 valence electrons. The van der Waals surface area contributed by atoms with E-state index in [4.69, 9.17) is 0 Å². The number of thioether (sulfide) groups is 1. The Labute approximate surface area is 106 Å². The number of aromatic nitrogens is 2. The summed E-state index contributed by atoms with van der Waals surface area (Å²) in [5, 5.41) is 7.33. The van der Waals surface area contributed by atoms with Crippen molar-refractivity contribution in [2.75, 3.05) is 44.1 Å². The molecule has 1 saturated heterocycles. The Bertz CT molecular complexity index is 362. The van der Waals surface area contributed by atoms with Gasteiger partial charge >= 0.3 is 0 Å². The van der Waals surface area contributed by atoms with E-state index in [0.717, 1.165) is 29.9 Å². The molecule has 0 aromatic carbocycles. The molecule has 2 N–H and O–H groups in total. The van der Waals surface area contributed by atoms with Gasteiger partial charge in [-0.15, -0.1) is 0 Å². The van der Waals surface area contributed by atoms with Crippen molar-refractivity contribution in [3.05, 3.63) is 6.07 Å². The minimum absolute atomic E-state index is 0.495. The van der Waals surface area contributed by atoms with Gasteiger partial charge in [0.05, 0.1) is 0 Å². The molecule has 1 aliphatic rings. The van der Waals surface area contributed by atoms with E-state index in [9.17, 15) is 0 Å². The van der Waals surface area contributed by atoms with E-state index in [-0.39, 0.29) is 0 Å². The minimum atomic E-state index is 0.495. The van der Waals surface area contributed by atoms with Crippen LogP contribution in [-0.2, 0) is 0 Å². The van der Waals surface area contributed by atoms with E-state index in [0.29, 0.717) is 6.04 Å². The molecule has 2 rings (SSSR count). The van der Waals surface area contributed by atoms with Gasteiger partial charge in [0.25, 0.3) is 0 Å². The van der Waals surface area contributed by atoms with Crippen LogP contribution in [0.25, 0.3) is 0 Å². The fourth-order valence-corrected chi connectivity index (χ4v) is 2.36. The van der Waals surface area contributed by atoms with Crippen molar-refractivity contribution in [2.24, 2.45) is 0 Å². The third-order valence-electron chi connectivity index (χ3n) is 2.89. The fourth-order valence-electron chi connectivity index (χ4n) is 1.98. The first-order valence-electron chi connectivity index (χ1n) is 5.77. The minimum Gasteiger partial charge on any atom is -0.373 e. The molecule has 2 heterocycles. The molecule has 1 aromatic rings. The molecule has 0 amide bonds. The van der Waals surface area contributed by atoms with Crippen LogP contribution < -0.4 is 10.6 Å². The summed E-state index contributed by atoms with van der Waals surface area (Å²) < 4.78 is 0. The molecule has 1 atom stereocenters. The number of anilines is 2. The Morgan fingerprint density at radius 3 is 2.76 bits per heavy atom. The lowest BCUT2D eigenvalue weighted by molar-refractivity contribution is 0.414. The van der Waals surface area contributed by atoms with Crippen molar-refractivity contribution < 1.29 is 0 Å². The fraction of sp³-hybridized carbons (Fsp3) is 0.636. The van der Waals surface area contributed by atoms with Crippen LogP contribution in [0.4, 0.5) is 11.6 Å². The van der Waals surface area contributed by atoms with Crippen molar-refractivity contribution in [3.63, 3.8) is 0 Å². The Balaban J connectivity index is 2.09. The Morgan fingerprint density at radius 2 is 2.18 bits per heavy atom. The van der Waals surface area contributed by atoms with E-state index >= 15 is 0 Å². The quantitative estimate of drug-likeness (QED) is 0.624. The summed E-state index contributed by atoms with van der Waals surface area (Å²) in [6.07, 6.45) is 3.16. The van der Waals surface area contributed by atoms with Crippen LogP contribution in [0, 0.1) is 0 Å². The maximum Gasteiger partial charge on any atom is 0.191 e. The molecule has 1 fully saturated rings. The van der Waals surface area contributed by atoms with Crippen molar-refractivity contribution in [2.45, 2.75) is 17.6 Å². The van der Waals surface area contributed by atoms with Crippen LogP contribution in [0.1, 0.15) is 6.42 Å². The average molecular weight is 253 g/mol. The van der Waals surface area contributed by atoms with E-state index in [1.54, 1.807) is 11.8 Å². The van der Waals surface area contributed by atoms with Crippen LogP contribution in [0.15, 0.2) is 11.2 Å². The first-order chi connectivity index (χ1) is 8.21. The van der Waals surface area contributed by atoms with E-state index in [1.807, 2.05) is 19.4 Å². The topological polar surface area (TPSA) is 53.1 Å². The van der Waals surface area contributed by atoms with Crippen molar-refractivity contribution in [1.29, 1.82) is 0 Å². The average Bonchev–Trinajstić information content (AvgIpc) is 2.74. The van der Waals surface area contributed by atoms with Gasteiger partial charge in [-0.2, -0.15) is 0 Å². The number of hydrogen-bond donors (Lipinski definition) is 2. The molecule has 1 aromatic heterocycles. The SMILES string of the molecule is CNc1cc(NC2CCN(C)C2)nc(SC)n1. The highest BCUT2D eigenvalue weighted by Gasteiger charge is 2.19. The summed E-state index contributed by atoms with van der Waals surface area (Å²) in [7, 11) is 4.02. The number of rotatable bonds is 4. The highest BCUT2D eigenvalue weighted by Crippen LogP contribution is 2.19. The first kappa shape index (κ1) is 12.4. The lowest BCUT2D eigenvalue weighted by Gasteiger charge is -2.14. The summed E-state index contributed by atoms with van der Waals surface area (Å²) >= 11 is 1.56. The molecule has 1 unspecified atom stereocenters. The number of likely N-dealkylation sites (N-methyl/N-ethyl adjacent to an activating group) is 1. The molecule has 5 nitrogen and oxygen atoms in total. The van der Waals surface area contributed by atoms with Crippen molar-refractivity contribution in [3.8, 4) is 0 Å². The van der Waals surface area contributed by atoms with Crippen LogP contribution in [0.3, 0.4) is 0 Å². The van der Waals surface area contributed by atoms with Gasteiger partial charge < -0.3 is 15.5 Å². The predicted octanol–water partition coefficient (Wildman–Crippen LogP) is 1.36. The molecule has 6 heteroatoms. The molecule has 0 radical (unpaired) electrons. The van der Waals surface area contributed by atoms with Gasteiger partial charge in [-0.05, 0) is 26.3 Å². The van der Waals surface area contributed by atoms with Gasteiger partial charge in [-0.1, -0.05) is 11.8 Å². The molecule has 0 aliphatic carbocycles. The third kappa shape index (κ3) is 3.23. The summed E-state index contributed by atoms with van der Waals surface area (Å²) in [6, 6.07) is 2.45. The molecular formula is C11H19N5S. The Hall–Kier alpha value is -1.01. The normalized spacial score (nSPS) is 20.5. The highest BCUT2D eigenvalue weighted by molar-refractivity contribution is 7.98. The van der Waals surface area contributed by atoms with Gasteiger partial charge in [0.1, 0.15) is 11.6 Å². The van der Waals surface area contributed by atoms with Crippen molar-refractivity contribution >= 4 is 23.4 Å². The second-order valence-electron chi connectivity index (χ2n) is 4.27. The van der Waals surface area contributed by atoms with E-state index < -0.39 is 0 Å². The smallest absolute Gasteiger partial charge is 0.191 e. The molecule has 0 spiro atoms. The van der Waals surface area contributed by atoms with Crippen LogP contribution in [-0.4, -0.2) is 54.4 Å². The van der Waals surface area contributed by atoms with Crippen LogP contribution in [0.2, 0.25) is 0 Å². The monoisotopic (exact) mass is 253 g/mol. The second kappa shape index (κ2) is 5.55. The summed E-state index contributed by atoms with van der Waals surface area (Å²) in [5.74, 6) is 1.77. The largest absolute Gasteiger partial charge is 0.373 e. The zero-order valence-corrected chi connectivity index (χ0v) is 11.3. The van der Waals surface area contributed by atoms with Crippen LogP contribution in [0.5, 0.6) is 0 Å². The number of nitrogens with zero attached hydrogens (tertiary/aromatic N) is 3. The molecular weight excluding hydrogens is 234 g/mol. The lowest BCUT2D eigenvalue weighted by Crippen LogP contribution is -2.24. The maximum absolute atomic E-state index is 4.47. The van der Waals surface area contributed by atoms with Crippen LogP contribution >= 0.6 is 11.8 Å². The lowest BCUT2D eigenvalue weighted by atomic mass is 10.2. The second-order valence-corrected chi connectivity index (χ2v) is 5.04. The van der Waals surface area contributed by atoms with Gasteiger partial charge in [0, 0.05) is 25.7 Å². The molecule has 0 saturated carbocycles. The standard InChI is InChI=1S/C11H19N5S/c1-12-9-6-10(15-11(14-9)17-3)13-8-4-5-16(2)7-8/h6,8H,4-5,7H2,1-3H3,(H2,12,13,14,15). The maximum atomic E-state index is 4.47. The molecule has 1 aliphatic heterocycles. The molecule has 0 bridgehead atoms. The van der Waals surface area contributed by atoms with Gasteiger partial charge in [-0.25, -0.2) is 9.97 Å². The molecule has 17 heavy (non-hydrogen) atoms. The third-order valence-corrected chi connectivity index (χ3v) is 3.44. The number of likely N-dealkylation sites (tertiary alicyclic amines) is 1. The zero-order valence-electron chi connectivity index (χ0n) is 10.5. The van der Waals surface area contributed by atoms with Crippen molar-refractivity contribution in [1.82, 2.24) is 14.9 Å². The number of hydrogen-bond acceptors (Lipinski definition) is 6. The van der Waals surface area contributed by atoms with E-state index in [1.165, 1.54) is 6.42 Å². The number of nitrogens with one attached hydrogen (secondary N) is 2. The highest BCUT2D eigenvalue weighted by atomic mass is 32.2. The summed E-state index contributed by atoms with van der Waals surface area (Å²) in [6.45, 7) is 2.23. The summed E-state index contributed by atoms with van der Waals surface area (Å²) in [4.78, 5) is 11.1. The first-order valence-corrected chi connectivity index (χ1v) is 6.99. The van der Waals surface area contributed by atoms with Gasteiger partial charge in [0.15, 0.2) is 5.16 Å². The van der Waals surface area contributed by atoms with Gasteiger partial charge in [-0.3, -0.25) is 0 Å². The van der Waals surface area contributed by atoms with E-state index in [2.05, 4.69) is 32.5 Å². The Kier molecular flexibility index (Phi) is 4.06. The zero-order chi connectivity index (χ0) is 12.3. The summed E-state index contributed by atoms with van der Waals surface area (Å²) in [5.41, 5.74) is 0. The Morgan fingerprint density at radius 1 is 1.41 bits per heavy atom.